The third-order valence-electron chi connectivity index (χ3n) is 6.64. The minimum Gasteiger partial charge on any atom is -0.497 e. The first kappa shape index (κ1) is 20.5. The number of nitrogens with one attached hydrogen (secondary N) is 1. The number of hydrogen-bond donors (Lipinski definition) is 2. The van der Waals surface area contributed by atoms with Crippen molar-refractivity contribution in [2.24, 2.45) is 0 Å². The van der Waals surface area contributed by atoms with Gasteiger partial charge in [0.2, 0.25) is 5.91 Å². The Morgan fingerprint density at radius 1 is 1.39 bits per heavy atom. The molecule has 2 aliphatic rings. The number of likely N-dealkylation sites (tertiary alicyclic amines) is 1. The number of hydrogen-bond acceptors (Lipinski definition) is 6. The van der Waals surface area contributed by atoms with Gasteiger partial charge < -0.3 is 19.7 Å². The average Bonchev–Trinajstić information content (AvgIpc) is 3.38. The van der Waals surface area contributed by atoms with E-state index in [2.05, 4.69) is 20.9 Å². The molecule has 2 aromatic heterocycles. The van der Waals surface area contributed by atoms with Crippen molar-refractivity contribution in [3.8, 4) is 5.75 Å². The molecule has 4 heterocycles. The minimum absolute atomic E-state index is 0.0247. The Labute approximate surface area is 185 Å². The van der Waals surface area contributed by atoms with E-state index in [4.69, 9.17) is 4.74 Å². The second-order valence-electron chi connectivity index (χ2n) is 8.63. The fourth-order valence-electron chi connectivity index (χ4n) is 5.27. The number of H-pyrrole nitrogens is 1. The molecule has 1 fully saturated rings. The van der Waals surface area contributed by atoms with Crippen LogP contribution in [0, 0.1) is 0 Å². The topological polar surface area (TPSA) is 81.7 Å². The first-order valence-corrected chi connectivity index (χ1v) is 11.7. The highest BCUT2D eigenvalue weighted by atomic mass is 32.1. The van der Waals surface area contributed by atoms with Gasteiger partial charge in [-0.1, -0.05) is 6.92 Å². The van der Waals surface area contributed by atoms with Crippen LogP contribution in [0.2, 0.25) is 0 Å². The lowest BCUT2D eigenvalue weighted by atomic mass is 9.68. The van der Waals surface area contributed by atoms with Gasteiger partial charge in [0, 0.05) is 65.7 Å². The molecule has 2 N–H and O–H groups in total. The molecule has 0 radical (unpaired) electrons. The number of aromatic amines is 1. The first-order chi connectivity index (χ1) is 15.1. The van der Waals surface area contributed by atoms with E-state index in [1.807, 2.05) is 35.5 Å². The van der Waals surface area contributed by atoms with Crippen LogP contribution in [0.15, 0.2) is 29.8 Å². The molecule has 0 unspecified atom stereocenters. The standard InChI is InChI=1S/C23H28N4O3S/c1-3-4-20(29)27-13-23(14-27)12-26(10-19-24-7-8-31-19)18(11-28)22-21(23)16-6-5-15(30-2)9-17(16)25-22/h5-9,18,25,28H,3-4,10-14H2,1-2H3/t18-/m1/s1. The molecule has 31 heavy (non-hydrogen) atoms. The van der Waals surface area contributed by atoms with Crippen LogP contribution in [0.1, 0.15) is 42.1 Å². The van der Waals surface area contributed by atoms with Crippen LogP contribution >= 0.6 is 11.3 Å². The molecule has 3 aromatic rings. The maximum Gasteiger partial charge on any atom is 0.222 e. The van der Waals surface area contributed by atoms with Gasteiger partial charge >= 0.3 is 0 Å². The Bertz CT molecular complexity index is 1090. The summed E-state index contributed by atoms with van der Waals surface area (Å²) in [6, 6.07) is 5.97. The number of aliphatic hydroxyl groups excluding tert-OH is 1. The number of rotatable bonds is 6. The summed E-state index contributed by atoms with van der Waals surface area (Å²) in [5.74, 6) is 1.03. The Hall–Kier alpha value is -2.42. The number of aliphatic hydroxyl groups is 1. The van der Waals surface area contributed by atoms with E-state index in [1.165, 1.54) is 5.56 Å². The SMILES string of the molecule is CCCC(=O)N1CC2(C1)CN(Cc1nccs1)[C@H](CO)c1[nH]c3cc(OC)ccc3c12. The second-order valence-corrected chi connectivity index (χ2v) is 9.61. The number of ether oxygens (including phenoxy) is 1. The summed E-state index contributed by atoms with van der Waals surface area (Å²) < 4.78 is 5.43. The summed E-state index contributed by atoms with van der Waals surface area (Å²) in [7, 11) is 1.67. The van der Waals surface area contributed by atoms with Gasteiger partial charge in [-0.2, -0.15) is 0 Å². The van der Waals surface area contributed by atoms with E-state index in [1.54, 1.807) is 18.4 Å². The molecule has 1 atom stereocenters. The molecule has 164 valence electrons. The predicted octanol–water partition coefficient (Wildman–Crippen LogP) is 3.06. The zero-order valence-electron chi connectivity index (χ0n) is 17.9. The van der Waals surface area contributed by atoms with Gasteiger partial charge in [0.25, 0.3) is 0 Å². The van der Waals surface area contributed by atoms with E-state index < -0.39 is 0 Å². The molecule has 1 aromatic carbocycles. The number of amides is 1. The van der Waals surface area contributed by atoms with Gasteiger partial charge in [-0.15, -0.1) is 11.3 Å². The lowest BCUT2D eigenvalue weighted by Crippen LogP contribution is -2.67. The normalized spacial score (nSPS) is 20.1. The van der Waals surface area contributed by atoms with E-state index in [0.717, 1.165) is 40.3 Å². The molecule has 1 saturated heterocycles. The van der Waals surface area contributed by atoms with E-state index in [0.29, 0.717) is 26.1 Å². The van der Waals surface area contributed by atoms with Gasteiger partial charge in [-0.05, 0) is 24.1 Å². The zero-order valence-corrected chi connectivity index (χ0v) is 18.7. The van der Waals surface area contributed by atoms with Crippen molar-refractivity contribution >= 4 is 28.1 Å². The third-order valence-corrected chi connectivity index (χ3v) is 7.41. The van der Waals surface area contributed by atoms with Gasteiger partial charge in [0.1, 0.15) is 10.8 Å². The lowest BCUT2D eigenvalue weighted by Gasteiger charge is -2.56. The second kappa shape index (κ2) is 7.93. The molecule has 1 spiro atoms. The number of benzene rings is 1. The Morgan fingerprint density at radius 2 is 2.23 bits per heavy atom. The van der Waals surface area contributed by atoms with Crippen molar-refractivity contribution in [2.45, 2.75) is 37.8 Å². The molecule has 5 rings (SSSR count). The van der Waals surface area contributed by atoms with Gasteiger partial charge in [0.05, 0.1) is 26.3 Å². The highest BCUT2D eigenvalue weighted by Gasteiger charge is 2.53. The Kier molecular flexibility index (Phi) is 5.24. The number of aromatic nitrogens is 2. The van der Waals surface area contributed by atoms with Crippen molar-refractivity contribution in [2.75, 3.05) is 33.4 Å². The Morgan fingerprint density at radius 3 is 2.90 bits per heavy atom. The fraction of sp³-hybridized carbons (Fsp3) is 0.478. The first-order valence-electron chi connectivity index (χ1n) is 10.8. The summed E-state index contributed by atoms with van der Waals surface area (Å²) in [5, 5.41) is 14.5. The zero-order chi connectivity index (χ0) is 21.6. The van der Waals surface area contributed by atoms with Crippen LogP contribution in [0.4, 0.5) is 0 Å². The van der Waals surface area contributed by atoms with Crippen LogP contribution < -0.4 is 4.74 Å². The summed E-state index contributed by atoms with van der Waals surface area (Å²) in [6.07, 6.45) is 3.28. The van der Waals surface area contributed by atoms with Gasteiger partial charge in [-0.25, -0.2) is 4.98 Å². The third kappa shape index (κ3) is 3.33. The van der Waals surface area contributed by atoms with Crippen LogP contribution in [-0.4, -0.2) is 64.1 Å². The van der Waals surface area contributed by atoms with Crippen molar-refractivity contribution in [3.05, 3.63) is 46.0 Å². The van der Waals surface area contributed by atoms with E-state index in [9.17, 15) is 9.90 Å². The molecule has 2 aliphatic heterocycles. The summed E-state index contributed by atoms with van der Waals surface area (Å²) >= 11 is 1.63. The van der Waals surface area contributed by atoms with E-state index in [-0.39, 0.29) is 24.0 Å². The highest BCUT2D eigenvalue weighted by Crippen LogP contribution is 2.49. The van der Waals surface area contributed by atoms with Crippen molar-refractivity contribution in [1.82, 2.24) is 19.8 Å². The smallest absolute Gasteiger partial charge is 0.222 e. The predicted molar refractivity (Wildman–Crippen MR) is 120 cm³/mol. The monoisotopic (exact) mass is 440 g/mol. The number of nitrogens with zero attached hydrogens (tertiary/aromatic N) is 3. The molecule has 0 bridgehead atoms. The summed E-state index contributed by atoms with van der Waals surface area (Å²) in [5.41, 5.74) is 3.17. The van der Waals surface area contributed by atoms with Crippen molar-refractivity contribution in [1.29, 1.82) is 0 Å². The number of thiazole rings is 1. The Balaban J connectivity index is 1.58. The minimum atomic E-state index is -0.144. The van der Waals surface area contributed by atoms with Gasteiger partial charge in [-0.3, -0.25) is 9.69 Å². The molecular formula is C23H28N4O3S. The van der Waals surface area contributed by atoms with Crippen LogP contribution in [0.3, 0.4) is 0 Å². The van der Waals surface area contributed by atoms with Crippen LogP contribution in [-0.2, 0) is 16.8 Å². The van der Waals surface area contributed by atoms with Crippen molar-refractivity contribution in [3.63, 3.8) is 0 Å². The molecule has 1 amide bonds. The average molecular weight is 441 g/mol. The number of carbonyl (C=O) groups is 1. The number of fused-ring (bicyclic) bond motifs is 4. The molecule has 7 nitrogen and oxygen atoms in total. The van der Waals surface area contributed by atoms with Crippen LogP contribution in [0.25, 0.3) is 10.9 Å². The molecular weight excluding hydrogens is 412 g/mol. The maximum atomic E-state index is 12.5. The number of methoxy groups -OCH3 is 1. The summed E-state index contributed by atoms with van der Waals surface area (Å²) in [4.78, 5) is 24.9. The van der Waals surface area contributed by atoms with Crippen molar-refractivity contribution < 1.29 is 14.6 Å². The van der Waals surface area contributed by atoms with Gasteiger partial charge in [0.15, 0.2) is 0 Å². The molecule has 0 aliphatic carbocycles. The van der Waals surface area contributed by atoms with Crippen LogP contribution in [0.5, 0.6) is 5.75 Å². The highest BCUT2D eigenvalue weighted by molar-refractivity contribution is 7.09. The lowest BCUT2D eigenvalue weighted by molar-refractivity contribution is -0.141. The summed E-state index contributed by atoms with van der Waals surface area (Å²) in [6.45, 7) is 4.97. The molecule has 0 saturated carbocycles. The number of carbonyl (C=O) groups excluding carboxylic acids is 1. The largest absolute Gasteiger partial charge is 0.497 e. The van der Waals surface area contributed by atoms with E-state index >= 15 is 0 Å². The maximum absolute atomic E-state index is 12.5. The quantitative estimate of drug-likeness (QED) is 0.616. The molecule has 8 heteroatoms. The fourth-order valence-corrected chi connectivity index (χ4v) is 5.92.